The van der Waals surface area contributed by atoms with Gasteiger partial charge in [0.1, 0.15) is 12.0 Å². The number of pyridine rings is 1. The SMILES string of the molecule is Cn1c(=O)n(C2CCC(=O)CC2=O)c2cccc(CCCN3CCO[C@H](CNCc4ccc(-n5cc(NC(=O)c6coc(-c7ccnc(CCC(F)(F)F)c7)n6)c(C(N)=O)n5)cc4)C3)c21. The number of carbonyl (C=O) groups excluding carboxylic acids is 4. The molecule has 8 rings (SSSR count). The van der Waals surface area contributed by atoms with E-state index >= 15 is 0 Å². The Hall–Kier alpha value is -6.77. The zero-order chi connectivity index (χ0) is 45.8. The Morgan fingerprint density at radius 2 is 1.86 bits per heavy atom. The number of amides is 2. The van der Waals surface area contributed by atoms with E-state index in [4.69, 9.17) is 14.9 Å². The Labute approximate surface area is 369 Å². The first kappa shape index (κ1) is 44.8. The first-order valence-electron chi connectivity index (χ1n) is 21.3. The van der Waals surface area contributed by atoms with Crippen LogP contribution in [-0.2, 0) is 40.8 Å². The van der Waals surface area contributed by atoms with Gasteiger partial charge in [0.05, 0.1) is 53.8 Å². The first-order chi connectivity index (χ1) is 31.2. The van der Waals surface area contributed by atoms with Gasteiger partial charge in [-0.2, -0.15) is 18.3 Å². The molecule has 0 spiro atoms. The molecule has 2 amide bonds. The molecule has 1 saturated carbocycles. The third kappa shape index (κ3) is 10.5. The third-order valence-corrected chi connectivity index (χ3v) is 11.6. The number of morpholine rings is 1. The average Bonchev–Trinajstić information content (AvgIpc) is 4.01. The molecule has 20 heteroatoms. The molecular formula is C45H47F3N10O7. The number of Topliss-reactive ketones (excluding diaryl/α,β-unsaturated/α-hetero) is 2. The molecule has 0 bridgehead atoms. The number of anilines is 1. The summed E-state index contributed by atoms with van der Waals surface area (Å²) in [5.74, 6) is -1.89. The lowest BCUT2D eigenvalue weighted by molar-refractivity contribution is -0.134. The number of ether oxygens (including phenoxy) is 1. The highest BCUT2D eigenvalue weighted by Gasteiger charge is 2.32. The van der Waals surface area contributed by atoms with E-state index in [9.17, 15) is 37.1 Å². The number of oxazole rings is 1. The van der Waals surface area contributed by atoms with E-state index in [2.05, 4.69) is 30.6 Å². The molecule has 2 aromatic carbocycles. The summed E-state index contributed by atoms with van der Waals surface area (Å²) in [7, 11) is 1.73. The van der Waals surface area contributed by atoms with Crippen LogP contribution in [0.1, 0.15) is 75.9 Å². The van der Waals surface area contributed by atoms with Gasteiger partial charge in [-0.25, -0.2) is 14.5 Å². The summed E-state index contributed by atoms with van der Waals surface area (Å²) in [4.78, 5) is 73.9. The van der Waals surface area contributed by atoms with Crippen LogP contribution < -0.4 is 22.1 Å². The molecular weight excluding hydrogens is 850 g/mol. The van der Waals surface area contributed by atoms with Gasteiger partial charge in [0, 0.05) is 63.5 Å². The van der Waals surface area contributed by atoms with Crippen molar-refractivity contribution >= 4 is 40.1 Å². The molecule has 1 aliphatic carbocycles. The number of carbonyl (C=O) groups is 4. The van der Waals surface area contributed by atoms with Crippen LogP contribution in [-0.4, -0.2) is 102 Å². The molecule has 6 aromatic rings. The molecule has 1 aliphatic heterocycles. The van der Waals surface area contributed by atoms with Crippen LogP contribution in [0.4, 0.5) is 18.9 Å². The molecule has 2 atom stereocenters. The number of hydrogen-bond acceptors (Lipinski definition) is 12. The summed E-state index contributed by atoms with van der Waals surface area (Å²) >= 11 is 0. The number of fused-ring (bicyclic) bond motifs is 1. The fourth-order valence-corrected chi connectivity index (χ4v) is 8.39. The largest absolute Gasteiger partial charge is 0.444 e. The molecule has 340 valence electrons. The van der Waals surface area contributed by atoms with Gasteiger partial charge in [0.15, 0.2) is 17.2 Å². The monoisotopic (exact) mass is 896 g/mol. The number of imidazole rings is 1. The Balaban J connectivity index is 0.817. The van der Waals surface area contributed by atoms with E-state index in [1.165, 1.54) is 29.2 Å². The van der Waals surface area contributed by atoms with Gasteiger partial charge >= 0.3 is 11.9 Å². The summed E-state index contributed by atoms with van der Waals surface area (Å²) in [6, 6.07) is 15.5. The van der Waals surface area contributed by atoms with Crippen LogP contribution in [0.2, 0.25) is 0 Å². The maximum atomic E-state index is 13.3. The number of nitrogens with zero attached hydrogens (tertiary/aromatic N) is 7. The number of nitrogens with two attached hydrogens (primary N) is 1. The first-order valence-corrected chi connectivity index (χ1v) is 21.3. The lowest BCUT2D eigenvalue weighted by Crippen LogP contribution is -2.46. The number of rotatable bonds is 16. The topological polar surface area (TPSA) is 214 Å². The predicted molar refractivity (Wildman–Crippen MR) is 230 cm³/mol. The number of primary amides is 1. The average molecular weight is 897 g/mol. The van der Waals surface area contributed by atoms with Gasteiger partial charge in [0.2, 0.25) is 5.89 Å². The third-order valence-electron chi connectivity index (χ3n) is 11.6. The Bertz CT molecular complexity index is 2790. The molecule has 17 nitrogen and oxygen atoms in total. The predicted octanol–water partition coefficient (Wildman–Crippen LogP) is 4.71. The Kier molecular flexibility index (Phi) is 13.2. The zero-order valence-electron chi connectivity index (χ0n) is 35.5. The van der Waals surface area contributed by atoms with Gasteiger partial charge in [-0.15, -0.1) is 0 Å². The number of alkyl halides is 3. The quantitative estimate of drug-likeness (QED) is 0.113. The van der Waals surface area contributed by atoms with Gasteiger partial charge in [-0.3, -0.25) is 38.2 Å². The van der Waals surface area contributed by atoms with Gasteiger partial charge < -0.3 is 25.5 Å². The minimum atomic E-state index is -4.34. The highest BCUT2D eigenvalue weighted by Crippen LogP contribution is 2.29. The van der Waals surface area contributed by atoms with Gasteiger partial charge in [-0.05, 0) is 73.7 Å². The molecule has 65 heavy (non-hydrogen) atoms. The summed E-state index contributed by atoms with van der Waals surface area (Å²) in [6.07, 6.45) is 0.274. The lowest BCUT2D eigenvalue weighted by Gasteiger charge is -2.33. The van der Waals surface area contributed by atoms with Crippen molar-refractivity contribution in [1.29, 1.82) is 0 Å². The summed E-state index contributed by atoms with van der Waals surface area (Å²) in [5.41, 5.74) is 9.73. The number of aryl methyl sites for hydroxylation is 3. The molecule has 2 aliphatic rings. The number of ketones is 2. The summed E-state index contributed by atoms with van der Waals surface area (Å²) in [5, 5.41) is 10.4. The second kappa shape index (κ2) is 19.1. The minimum Gasteiger partial charge on any atom is -0.444 e. The van der Waals surface area contributed by atoms with E-state index in [0.717, 1.165) is 60.9 Å². The number of para-hydroxylation sites is 1. The molecule has 1 unspecified atom stereocenters. The van der Waals surface area contributed by atoms with Crippen molar-refractivity contribution in [2.24, 2.45) is 12.8 Å². The van der Waals surface area contributed by atoms with Gasteiger partial charge in [0.25, 0.3) is 11.8 Å². The van der Waals surface area contributed by atoms with Crippen molar-refractivity contribution in [3.63, 3.8) is 0 Å². The molecule has 0 radical (unpaired) electrons. The fraction of sp³-hybridized carbons (Fsp3) is 0.378. The molecule has 1 saturated heterocycles. The number of aromatic nitrogens is 6. The van der Waals surface area contributed by atoms with Crippen molar-refractivity contribution in [1.82, 2.24) is 39.1 Å². The van der Waals surface area contributed by atoms with Crippen molar-refractivity contribution in [2.45, 2.75) is 69.8 Å². The van der Waals surface area contributed by atoms with Crippen molar-refractivity contribution < 1.29 is 41.5 Å². The van der Waals surface area contributed by atoms with Crippen molar-refractivity contribution in [3.05, 3.63) is 112 Å². The van der Waals surface area contributed by atoms with E-state index in [0.29, 0.717) is 43.8 Å². The molecule has 4 N–H and O–H groups in total. The maximum Gasteiger partial charge on any atom is 0.389 e. The number of benzene rings is 2. The van der Waals surface area contributed by atoms with E-state index < -0.39 is 30.5 Å². The van der Waals surface area contributed by atoms with Crippen molar-refractivity contribution in [2.75, 3.05) is 38.1 Å². The Morgan fingerprint density at radius 3 is 2.63 bits per heavy atom. The molecule has 4 aromatic heterocycles. The van der Waals surface area contributed by atoms with E-state index in [1.54, 1.807) is 16.2 Å². The summed E-state index contributed by atoms with van der Waals surface area (Å²) in [6.45, 7) is 4.20. The highest BCUT2D eigenvalue weighted by atomic mass is 19.4. The Morgan fingerprint density at radius 1 is 1.05 bits per heavy atom. The van der Waals surface area contributed by atoms with Crippen LogP contribution >= 0.6 is 0 Å². The smallest absolute Gasteiger partial charge is 0.389 e. The number of hydrogen-bond donors (Lipinski definition) is 3. The molecule has 2 fully saturated rings. The van der Waals surface area contributed by atoms with E-state index in [1.807, 2.05) is 42.5 Å². The molecule has 5 heterocycles. The van der Waals surface area contributed by atoms with Crippen LogP contribution in [0.15, 0.2) is 82.5 Å². The summed E-state index contributed by atoms with van der Waals surface area (Å²) < 4.78 is 54.2. The van der Waals surface area contributed by atoms with Gasteiger partial charge in [-0.1, -0.05) is 24.3 Å². The van der Waals surface area contributed by atoms with E-state index in [-0.39, 0.29) is 64.9 Å². The lowest BCUT2D eigenvalue weighted by atomic mass is 9.92. The van der Waals surface area contributed by atoms with Crippen LogP contribution in [0, 0.1) is 0 Å². The van der Waals surface area contributed by atoms with Crippen LogP contribution in [0.3, 0.4) is 0 Å². The van der Waals surface area contributed by atoms with Crippen molar-refractivity contribution in [3.8, 4) is 17.1 Å². The highest BCUT2D eigenvalue weighted by molar-refractivity contribution is 6.07. The number of nitrogens with one attached hydrogen (secondary N) is 2. The minimum absolute atomic E-state index is 0.00234. The fourth-order valence-electron chi connectivity index (χ4n) is 8.39. The van der Waals surface area contributed by atoms with Crippen LogP contribution in [0.5, 0.6) is 0 Å². The zero-order valence-corrected chi connectivity index (χ0v) is 35.5. The maximum absolute atomic E-state index is 13.3. The second-order valence-electron chi connectivity index (χ2n) is 16.3. The normalized spacial score (nSPS) is 17.2. The standard InChI is InChI=1S/C45H47F3N10O7/c1-55-40-28(4-2-6-37(40)58(44(55)63)36-12-11-32(59)21-38(36)60)5-3-17-56-18-19-64-33(24-56)23-50-22-27-7-9-31(10-8-27)57-25-34(39(54-57)41(49)61)52-42(62)35-26-65-43(53-35)29-14-16-51-30(20-29)13-15-45(46,47)48/h2,4,6-10,14,16,20,25-26,33,36,50H,3,5,11-13,15,17-19,21-24H2,1H3,(H2,49,61)(H,52,62)/t33-,36?/m1/s1. The second-order valence-corrected chi connectivity index (χ2v) is 16.3. The number of halogens is 3. The van der Waals surface area contributed by atoms with Crippen LogP contribution in [0.25, 0.3) is 28.2 Å².